The number of methoxy groups -OCH3 is 2. The second kappa shape index (κ2) is 13.0. The van der Waals surface area contributed by atoms with Crippen molar-refractivity contribution >= 4 is 0 Å². The van der Waals surface area contributed by atoms with Gasteiger partial charge in [-0.1, -0.05) is 30.8 Å². The van der Waals surface area contributed by atoms with Crippen LogP contribution in [0.5, 0.6) is 34.5 Å². The SMILES string of the molecule is C=C1[C@@H](c2ccc(O)c(OC)c2)O[C@@H](c2ccc(O)c(OC)c2)[C@@]12CCC1=C(C2)[C@@H](c2ccc(O)c(CO)c2)O[C@H]1c1ccc(O)c(CO)c1. The molecule has 3 aliphatic rings. The molecule has 0 bridgehead atoms. The Bertz CT molecular complexity index is 2000. The van der Waals surface area contributed by atoms with Gasteiger partial charge in [-0.3, -0.25) is 0 Å². The number of rotatable bonds is 8. The molecule has 4 aromatic rings. The zero-order chi connectivity index (χ0) is 35.3. The molecule has 1 spiro atoms. The van der Waals surface area contributed by atoms with Crippen molar-refractivity contribution < 1.29 is 49.6 Å². The number of hydrogen-bond donors (Lipinski definition) is 6. The molecule has 260 valence electrons. The van der Waals surface area contributed by atoms with Crippen LogP contribution in [-0.4, -0.2) is 44.9 Å². The minimum absolute atomic E-state index is 0.00260. The lowest BCUT2D eigenvalue weighted by Gasteiger charge is -2.40. The number of phenols is 4. The van der Waals surface area contributed by atoms with Crippen LogP contribution in [0.4, 0.5) is 0 Å². The van der Waals surface area contributed by atoms with Gasteiger partial charge in [-0.25, -0.2) is 0 Å². The summed E-state index contributed by atoms with van der Waals surface area (Å²) in [6, 6.07) is 20.5. The third-order valence-corrected chi connectivity index (χ3v) is 10.6. The van der Waals surface area contributed by atoms with Crippen LogP contribution in [0.25, 0.3) is 0 Å². The summed E-state index contributed by atoms with van der Waals surface area (Å²) in [5.41, 5.74) is 6.13. The zero-order valence-corrected chi connectivity index (χ0v) is 27.8. The molecule has 1 fully saturated rings. The number of aromatic hydroxyl groups is 4. The molecular formula is C40H40O10. The summed E-state index contributed by atoms with van der Waals surface area (Å²) in [6.07, 6.45) is -0.389. The lowest BCUT2D eigenvalue weighted by atomic mass is 9.62. The Hall–Kier alpha value is -5.00. The number of ether oxygens (including phenoxy) is 4. The molecule has 0 aromatic heterocycles. The highest BCUT2D eigenvalue weighted by atomic mass is 16.5. The van der Waals surface area contributed by atoms with Crippen molar-refractivity contribution in [2.24, 2.45) is 5.41 Å². The number of phenolic OH excluding ortho intramolecular Hbond substituents is 2. The van der Waals surface area contributed by atoms with Gasteiger partial charge in [0.25, 0.3) is 0 Å². The average Bonchev–Trinajstić information content (AvgIpc) is 3.64. The minimum atomic E-state index is -0.658. The van der Waals surface area contributed by atoms with E-state index in [1.807, 2.05) is 6.07 Å². The fourth-order valence-corrected chi connectivity index (χ4v) is 7.94. The summed E-state index contributed by atoms with van der Waals surface area (Å²) in [4.78, 5) is 0. The summed E-state index contributed by atoms with van der Waals surface area (Å²) in [5.74, 6) is 0.618. The molecule has 0 unspecified atom stereocenters. The molecule has 5 atom stereocenters. The highest BCUT2D eigenvalue weighted by Gasteiger charge is 2.56. The molecule has 6 N–H and O–H groups in total. The Morgan fingerprint density at radius 2 is 1.12 bits per heavy atom. The van der Waals surface area contributed by atoms with Gasteiger partial charge in [0.2, 0.25) is 0 Å². The summed E-state index contributed by atoms with van der Waals surface area (Å²) in [7, 11) is 2.99. The Kier molecular flexibility index (Phi) is 8.73. The molecule has 1 aliphatic carbocycles. The van der Waals surface area contributed by atoms with Crippen molar-refractivity contribution in [3.63, 3.8) is 0 Å². The molecule has 50 heavy (non-hydrogen) atoms. The van der Waals surface area contributed by atoms with Crippen LogP contribution in [0.15, 0.2) is 96.1 Å². The number of benzene rings is 4. The van der Waals surface area contributed by atoms with Gasteiger partial charge in [0.1, 0.15) is 29.8 Å². The molecule has 4 aromatic carbocycles. The standard InChI is InChI=1S/C40H40O10/c1-21-36(24-6-10-32(45)34(16-24)47-2)50-39(25-7-11-33(46)35(17-25)48-3)40(21)13-12-28-29(18-40)38(23-5-9-31(44)27(15-23)20-42)49-37(28)22-4-8-30(43)26(14-22)19-41/h4-11,14-17,36-39,41-46H,1,12-13,18-20H2,2-3H3/t36-,37-,38+,39-,40+/m0/s1. The lowest BCUT2D eigenvalue weighted by molar-refractivity contribution is 0.00312. The Balaban J connectivity index is 1.38. The van der Waals surface area contributed by atoms with Crippen LogP contribution in [0, 0.1) is 5.41 Å². The van der Waals surface area contributed by atoms with Crippen LogP contribution < -0.4 is 9.47 Å². The van der Waals surface area contributed by atoms with E-state index in [1.54, 1.807) is 66.7 Å². The first kappa shape index (κ1) is 33.5. The van der Waals surface area contributed by atoms with Crippen molar-refractivity contribution in [3.05, 3.63) is 129 Å². The summed E-state index contributed by atoms with van der Waals surface area (Å²) < 4.78 is 24.7. The van der Waals surface area contributed by atoms with E-state index >= 15 is 0 Å². The van der Waals surface area contributed by atoms with E-state index in [0.717, 1.165) is 39.0 Å². The molecule has 10 heteroatoms. The van der Waals surface area contributed by atoms with E-state index in [1.165, 1.54) is 14.2 Å². The molecule has 0 radical (unpaired) electrons. The zero-order valence-electron chi connectivity index (χ0n) is 27.8. The molecule has 7 rings (SSSR count). The summed E-state index contributed by atoms with van der Waals surface area (Å²) >= 11 is 0. The van der Waals surface area contributed by atoms with Crippen LogP contribution in [0.1, 0.15) is 77.1 Å². The molecular weight excluding hydrogens is 640 g/mol. The fourth-order valence-electron chi connectivity index (χ4n) is 7.94. The molecule has 0 amide bonds. The van der Waals surface area contributed by atoms with Gasteiger partial charge in [0, 0.05) is 16.5 Å². The highest BCUT2D eigenvalue weighted by molar-refractivity contribution is 5.52. The van der Waals surface area contributed by atoms with Gasteiger partial charge in [0.15, 0.2) is 23.0 Å². The first-order valence-corrected chi connectivity index (χ1v) is 16.4. The molecule has 2 heterocycles. The number of aliphatic hydroxyl groups excluding tert-OH is 2. The lowest BCUT2D eigenvalue weighted by Crippen LogP contribution is -2.31. The van der Waals surface area contributed by atoms with E-state index in [9.17, 15) is 30.6 Å². The van der Waals surface area contributed by atoms with E-state index in [-0.39, 0.29) is 36.2 Å². The maximum absolute atomic E-state index is 10.5. The second-order valence-electron chi connectivity index (χ2n) is 13.2. The molecule has 0 saturated carbocycles. The van der Waals surface area contributed by atoms with Crippen LogP contribution in [0.2, 0.25) is 0 Å². The van der Waals surface area contributed by atoms with E-state index in [4.69, 9.17) is 18.9 Å². The Labute approximate surface area is 289 Å². The first-order chi connectivity index (χ1) is 24.1. The maximum Gasteiger partial charge on any atom is 0.160 e. The smallest absolute Gasteiger partial charge is 0.160 e. The predicted octanol–water partition coefficient (Wildman–Crippen LogP) is 6.86. The topological polar surface area (TPSA) is 158 Å². The van der Waals surface area contributed by atoms with Crippen molar-refractivity contribution in [3.8, 4) is 34.5 Å². The fraction of sp³-hybridized carbons (Fsp3) is 0.300. The van der Waals surface area contributed by atoms with Crippen LogP contribution in [0.3, 0.4) is 0 Å². The van der Waals surface area contributed by atoms with Crippen LogP contribution >= 0.6 is 0 Å². The highest BCUT2D eigenvalue weighted by Crippen LogP contribution is 2.67. The van der Waals surface area contributed by atoms with Gasteiger partial charge in [-0.15, -0.1) is 0 Å². The molecule has 10 nitrogen and oxygen atoms in total. The quantitative estimate of drug-likeness (QED) is 0.109. The van der Waals surface area contributed by atoms with Gasteiger partial charge in [0.05, 0.1) is 33.5 Å². The first-order valence-electron chi connectivity index (χ1n) is 16.4. The van der Waals surface area contributed by atoms with E-state index in [0.29, 0.717) is 41.9 Å². The third kappa shape index (κ3) is 5.45. The molecule has 2 aliphatic heterocycles. The van der Waals surface area contributed by atoms with Crippen LogP contribution in [-0.2, 0) is 22.7 Å². The average molecular weight is 681 g/mol. The van der Waals surface area contributed by atoms with Gasteiger partial charge in [-0.05, 0) is 107 Å². The monoisotopic (exact) mass is 680 g/mol. The van der Waals surface area contributed by atoms with Gasteiger partial charge in [-0.2, -0.15) is 0 Å². The van der Waals surface area contributed by atoms with Crippen molar-refractivity contribution in [1.29, 1.82) is 0 Å². The number of hydrogen-bond acceptors (Lipinski definition) is 10. The molecule has 1 saturated heterocycles. The van der Waals surface area contributed by atoms with Gasteiger partial charge >= 0.3 is 0 Å². The van der Waals surface area contributed by atoms with Crippen molar-refractivity contribution in [2.45, 2.75) is 56.9 Å². The van der Waals surface area contributed by atoms with Gasteiger partial charge < -0.3 is 49.6 Å². The Morgan fingerprint density at radius 3 is 1.66 bits per heavy atom. The van der Waals surface area contributed by atoms with Crippen molar-refractivity contribution in [1.82, 2.24) is 0 Å². The summed E-state index contributed by atoms with van der Waals surface area (Å²) in [5, 5.41) is 61.5. The normalized spacial score (nSPS) is 24.5. The van der Waals surface area contributed by atoms with E-state index < -0.39 is 29.8 Å². The third-order valence-electron chi connectivity index (χ3n) is 10.6. The van der Waals surface area contributed by atoms with E-state index in [2.05, 4.69) is 6.58 Å². The van der Waals surface area contributed by atoms with Crippen molar-refractivity contribution in [2.75, 3.05) is 14.2 Å². The predicted molar refractivity (Wildman–Crippen MR) is 183 cm³/mol. The summed E-state index contributed by atoms with van der Waals surface area (Å²) in [6.45, 7) is 3.99. The number of aliphatic hydroxyl groups is 2. The second-order valence-corrected chi connectivity index (χ2v) is 13.2. The largest absolute Gasteiger partial charge is 0.508 e. The Morgan fingerprint density at radius 1 is 0.640 bits per heavy atom. The minimum Gasteiger partial charge on any atom is -0.508 e. The maximum atomic E-state index is 10.5.